The topological polar surface area (TPSA) is 92.5 Å². The lowest BCUT2D eigenvalue weighted by Gasteiger charge is -2.07. The lowest BCUT2D eigenvalue weighted by atomic mass is 10.2. The van der Waals surface area contributed by atoms with E-state index in [2.05, 4.69) is 5.32 Å². The Labute approximate surface area is 106 Å². The van der Waals surface area contributed by atoms with Crippen molar-refractivity contribution in [3.05, 3.63) is 32.3 Å². The largest absolute Gasteiger partial charge is 0.481 e. The smallest absolute Gasteiger partial charge is 0.305 e. The summed E-state index contributed by atoms with van der Waals surface area (Å²) in [6.07, 6.45) is -0.155. The first-order chi connectivity index (χ1) is 7.91. The minimum Gasteiger partial charge on any atom is -0.481 e. The lowest BCUT2D eigenvalue weighted by molar-refractivity contribution is -0.383. The zero-order valence-electron chi connectivity index (χ0n) is 8.44. The van der Waals surface area contributed by atoms with Crippen molar-refractivity contribution in [3.63, 3.8) is 0 Å². The van der Waals surface area contributed by atoms with Crippen LogP contribution < -0.4 is 5.32 Å². The van der Waals surface area contributed by atoms with Gasteiger partial charge >= 0.3 is 5.97 Å². The predicted octanol–water partition coefficient (Wildman–Crippen LogP) is 2.79. The highest BCUT2D eigenvalue weighted by Gasteiger charge is 2.16. The number of nitro benzene ring substituents is 1. The Balaban J connectivity index is 2.92. The van der Waals surface area contributed by atoms with Crippen molar-refractivity contribution in [3.8, 4) is 0 Å². The molecule has 0 radical (unpaired) electrons. The molecular weight excluding hydrogens is 271 g/mol. The van der Waals surface area contributed by atoms with Crippen molar-refractivity contribution >= 4 is 40.5 Å². The molecule has 0 aliphatic rings. The number of nitro groups is 1. The fourth-order valence-electron chi connectivity index (χ4n) is 1.13. The number of aliphatic carboxylic acids is 1. The molecule has 0 aliphatic carbocycles. The summed E-state index contributed by atoms with van der Waals surface area (Å²) in [6, 6.07) is 2.41. The van der Waals surface area contributed by atoms with Gasteiger partial charge in [-0.1, -0.05) is 23.2 Å². The molecule has 0 atom stereocenters. The van der Waals surface area contributed by atoms with Crippen molar-refractivity contribution in [1.82, 2.24) is 0 Å². The van der Waals surface area contributed by atoms with Gasteiger partial charge in [-0.15, -0.1) is 0 Å². The van der Waals surface area contributed by atoms with Crippen molar-refractivity contribution in [1.29, 1.82) is 0 Å². The van der Waals surface area contributed by atoms with Crippen LogP contribution in [0.1, 0.15) is 6.42 Å². The van der Waals surface area contributed by atoms with E-state index in [1.165, 1.54) is 6.07 Å². The number of hydrogen-bond donors (Lipinski definition) is 2. The number of rotatable bonds is 5. The second-order valence-corrected chi connectivity index (χ2v) is 3.93. The first kappa shape index (κ1) is 13.5. The van der Waals surface area contributed by atoms with E-state index in [1.54, 1.807) is 0 Å². The van der Waals surface area contributed by atoms with E-state index in [9.17, 15) is 14.9 Å². The Morgan fingerprint density at radius 1 is 1.41 bits per heavy atom. The fraction of sp³-hybridized carbons (Fsp3) is 0.222. The van der Waals surface area contributed by atoms with Gasteiger partial charge in [0.05, 0.1) is 21.4 Å². The van der Waals surface area contributed by atoms with Crippen LogP contribution in [0.3, 0.4) is 0 Å². The van der Waals surface area contributed by atoms with E-state index in [0.717, 1.165) is 6.07 Å². The summed E-state index contributed by atoms with van der Waals surface area (Å²) >= 11 is 11.4. The molecule has 0 saturated carbocycles. The number of anilines is 1. The maximum Gasteiger partial charge on any atom is 0.305 e. The van der Waals surface area contributed by atoms with Crippen LogP contribution in [0.4, 0.5) is 11.4 Å². The molecule has 0 fully saturated rings. The highest BCUT2D eigenvalue weighted by Crippen LogP contribution is 2.33. The van der Waals surface area contributed by atoms with E-state index >= 15 is 0 Å². The summed E-state index contributed by atoms with van der Waals surface area (Å²) < 4.78 is 0. The number of benzene rings is 1. The average molecular weight is 279 g/mol. The first-order valence-corrected chi connectivity index (χ1v) is 5.26. The van der Waals surface area contributed by atoms with Crippen LogP contribution in [-0.2, 0) is 4.79 Å². The molecule has 17 heavy (non-hydrogen) atoms. The Morgan fingerprint density at radius 2 is 2.00 bits per heavy atom. The number of carbonyl (C=O) groups is 1. The highest BCUT2D eigenvalue weighted by atomic mass is 35.5. The highest BCUT2D eigenvalue weighted by molar-refractivity contribution is 6.42. The summed E-state index contributed by atoms with van der Waals surface area (Å²) in [5.41, 5.74) is -0.101. The number of nitrogens with one attached hydrogen (secondary N) is 1. The van der Waals surface area contributed by atoms with Crippen molar-refractivity contribution in [2.75, 3.05) is 11.9 Å². The maximum atomic E-state index is 10.7. The van der Waals surface area contributed by atoms with Crippen LogP contribution in [0.15, 0.2) is 12.1 Å². The Bertz CT molecular complexity index is 465. The third-order valence-corrected chi connectivity index (χ3v) is 2.61. The third kappa shape index (κ3) is 3.76. The summed E-state index contributed by atoms with van der Waals surface area (Å²) in [7, 11) is 0. The molecule has 0 amide bonds. The molecule has 1 rings (SSSR count). The number of carboxylic acid groups (broad SMARTS) is 1. The number of carboxylic acids is 1. The van der Waals surface area contributed by atoms with Gasteiger partial charge in [0.25, 0.3) is 5.69 Å². The van der Waals surface area contributed by atoms with Crippen LogP contribution in [-0.4, -0.2) is 22.5 Å². The van der Waals surface area contributed by atoms with E-state index in [0.29, 0.717) is 0 Å². The minimum absolute atomic E-state index is 0.0636. The summed E-state index contributed by atoms with van der Waals surface area (Å²) in [5, 5.41) is 22.0. The van der Waals surface area contributed by atoms with E-state index < -0.39 is 10.9 Å². The van der Waals surface area contributed by atoms with Gasteiger partial charge in [-0.2, -0.15) is 0 Å². The van der Waals surface area contributed by atoms with Gasteiger partial charge < -0.3 is 10.4 Å². The Kier molecular flexibility index (Phi) is 4.53. The number of nitrogens with zero attached hydrogens (tertiary/aromatic N) is 1. The van der Waals surface area contributed by atoms with Crippen LogP contribution in [0.2, 0.25) is 10.0 Å². The van der Waals surface area contributed by atoms with Gasteiger partial charge in [-0.05, 0) is 6.07 Å². The zero-order chi connectivity index (χ0) is 13.0. The normalized spacial score (nSPS) is 10.0. The molecule has 92 valence electrons. The summed E-state index contributed by atoms with van der Waals surface area (Å²) in [4.78, 5) is 20.4. The molecule has 0 unspecified atom stereocenters. The summed E-state index contributed by atoms with van der Waals surface area (Å²) in [5.74, 6) is -1.000. The van der Waals surface area contributed by atoms with Crippen LogP contribution in [0, 0.1) is 10.1 Å². The molecule has 6 nitrogen and oxygen atoms in total. The van der Waals surface area contributed by atoms with Crippen LogP contribution in [0.25, 0.3) is 0 Å². The van der Waals surface area contributed by atoms with Crippen molar-refractivity contribution < 1.29 is 14.8 Å². The summed E-state index contributed by atoms with van der Waals surface area (Å²) in [6.45, 7) is 0.0636. The maximum absolute atomic E-state index is 10.7. The molecular formula is C9H8Cl2N2O4. The molecule has 1 aromatic carbocycles. The molecule has 1 aromatic rings. The molecule has 2 N–H and O–H groups in total. The van der Waals surface area contributed by atoms with Crippen molar-refractivity contribution in [2.24, 2.45) is 0 Å². The van der Waals surface area contributed by atoms with Gasteiger partial charge in [-0.25, -0.2) is 0 Å². The molecule has 0 aliphatic heterocycles. The quantitative estimate of drug-likeness (QED) is 0.638. The van der Waals surface area contributed by atoms with Crippen LogP contribution >= 0.6 is 23.2 Å². The van der Waals surface area contributed by atoms with E-state index in [-0.39, 0.29) is 34.4 Å². The molecule has 0 aromatic heterocycles. The lowest BCUT2D eigenvalue weighted by Crippen LogP contribution is -2.09. The predicted molar refractivity (Wildman–Crippen MR) is 63.9 cm³/mol. The molecule has 0 spiro atoms. The fourth-order valence-corrected chi connectivity index (χ4v) is 1.45. The van der Waals surface area contributed by atoms with Crippen LogP contribution in [0.5, 0.6) is 0 Å². The van der Waals surface area contributed by atoms with Gasteiger partial charge in [0.15, 0.2) is 0 Å². The van der Waals surface area contributed by atoms with E-state index in [1.807, 2.05) is 0 Å². The average Bonchev–Trinajstić information content (AvgIpc) is 2.22. The SMILES string of the molecule is O=C(O)CCNc1cc(Cl)c(Cl)cc1[N+](=O)[O-]. The third-order valence-electron chi connectivity index (χ3n) is 1.89. The van der Waals surface area contributed by atoms with Gasteiger partial charge in [0, 0.05) is 12.6 Å². The standard InChI is InChI=1S/C9H8Cl2N2O4/c10-5-3-7(12-2-1-9(14)15)8(13(16)17)4-6(5)11/h3-4,12H,1-2H2,(H,14,15). The van der Waals surface area contributed by atoms with E-state index in [4.69, 9.17) is 28.3 Å². The first-order valence-electron chi connectivity index (χ1n) is 4.51. The van der Waals surface area contributed by atoms with Gasteiger partial charge in [0.1, 0.15) is 5.69 Å². The van der Waals surface area contributed by atoms with Gasteiger partial charge in [-0.3, -0.25) is 14.9 Å². The Hall–Kier alpha value is -1.53. The van der Waals surface area contributed by atoms with Gasteiger partial charge in [0.2, 0.25) is 0 Å². The number of hydrogen-bond acceptors (Lipinski definition) is 4. The second-order valence-electron chi connectivity index (χ2n) is 3.11. The van der Waals surface area contributed by atoms with Crippen molar-refractivity contribution in [2.45, 2.75) is 6.42 Å². The second kappa shape index (κ2) is 5.70. The molecule has 0 heterocycles. The Morgan fingerprint density at radius 3 is 2.53 bits per heavy atom. The monoisotopic (exact) mass is 278 g/mol. The molecule has 0 saturated heterocycles. The minimum atomic E-state index is -1.000. The number of halogens is 2. The molecule has 0 bridgehead atoms. The molecule has 8 heteroatoms. The zero-order valence-corrected chi connectivity index (χ0v) is 9.96.